The van der Waals surface area contributed by atoms with Crippen LogP contribution in [0.5, 0.6) is 5.75 Å². The van der Waals surface area contributed by atoms with Crippen LogP contribution in [0.1, 0.15) is 44.0 Å². The van der Waals surface area contributed by atoms with E-state index in [1.807, 2.05) is 20.8 Å². The van der Waals surface area contributed by atoms with Crippen LogP contribution in [-0.4, -0.2) is 23.5 Å². The molecule has 23 heavy (non-hydrogen) atoms. The molecule has 0 radical (unpaired) electrons. The summed E-state index contributed by atoms with van der Waals surface area (Å²) >= 11 is 4.98. The number of carbonyl (C=O) groups is 2. The first kappa shape index (κ1) is 18.9. The molecule has 2 amide bonds. The molecule has 0 atom stereocenters. The normalized spacial score (nSPS) is 10.1. The Morgan fingerprint density at radius 3 is 2.57 bits per heavy atom. The lowest BCUT2D eigenvalue weighted by molar-refractivity contribution is -0.121. The van der Waals surface area contributed by atoms with E-state index in [-0.39, 0.29) is 11.0 Å². The Hall–Kier alpha value is -2.15. The highest BCUT2D eigenvalue weighted by Crippen LogP contribution is 2.18. The average Bonchev–Trinajstić information content (AvgIpc) is 2.51. The summed E-state index contributed by atoms with van der Waals surface area (Å²) in [4.78, 5) is 23.6. The fraction of sp³-hybridized carbons (Fsp3) is 0.438. The quantitative estimate of drug-likeness (QED) is 0.547. The number of hydrogen-bond acceptors (Lipinski definition) is 4. The zero-order chi connectivity index (χ0) is 17.2. The molecule has 0 saturated heterocycles. The highest BCUT2D eigenvalue weighted by atomic mass is 32.1. The summed E-state index contributed by atoms with van der Waals surface area (Å²) < 4.78 is 5.64. The lowest BCUT2D eigenvalue weighted by Crippen LogP contribution is -2.48. The van der Waals surface area contributed by atoms with E-state index >= 15 is 0 Å². The van der Waals surface area contributed by atoms with Gasteiger partial charge in [-0.25, -0.2) is 0 Å². The molecule has 3 N–H and O–H groups in total. The van der Waals surface area contributed by atoms with Crippen molar-refractivity contribution in [1.82, 2.24) is 16.2 Å². The molecule has 0 aromatic heterocycles. The van der Waals surface area contributed by atoms with Gasteiger partial charge in [-0.2, -0.15) is 0 Å². The third kappa shape index (κ3) is 7.10. The van der Waals surface area contributed by atoms with Gasteiger partial charge < -0.3 is 4.74 Å². The number of hydrogen-bond donors (Lipinski definition) is 3. The van der Waals surface area contributed by atoms with Crippen LogP contribution in [0.15, 0.2) is 24.3 Å². The molecule has 0 bridgehead atoms. The molecular formula is C16H23N3O3S. The number of thiocarbonyl (C=S) groups is 1. The molecule has 0 aliphatic rings. The lowest BCUT2D eigenvalue weighted by atomic mass is 10.2. The minimum Gasteiger partial charge on any atom is -0.492 e. The number of hydrazine groups is 1. The fourth-order valence-corrected chi connectivity index (χ4v) is 1.80. The molecule has 7 heteroatoms. The van der Waals surface area contributed by atoms with Crippen molar-refractivity contribution in [3.8, 4) is 5.75 Å². The van der Waals surface area contributed by atoms with Crippen LogP contribution >= 0.6 is 12.2 Å². The van der Waals surface area contributed by atoms with Crippen LogP contribution in [0, 0.1) is 5.92 Å². The molecule has 0 fully saturated rings. The standard InChI is InChI=1S/C16H23N3O3S/c1-4-7-14(20)18-19-16(23)17-15(21)12-8-5-6-9-13(12)22-10-11(2)3/h5-6,8-9,11H,4,7,10H2,1-3H3,(H,18,20)(H2,17,19,21,23). The number of carbonyl (C=O) groups excluding carboxylic acids is 2. The van der Waals surface area contributed by atoms with Crippen molar-refractivity contribution in [2.75, 3.05) is 6.61 Å². The first-order valence-electron chi connectivity index (χ1n) is 7.56. The number of benzene rings is 1. The lowest BCUT2D eigenvalue weighted by Gasteiger charge is -2.14. The highest BCUT2D eigenvalue weighted by Gasteiger charge is 2.14. The topological polar surface area (TPSA) is 79.5 Å². The second-order valence-corrected chi connectivity index (χ2v) is 5.82. The van der Waals surface area contributed by atoms with Gasteiger partial charge in [0.1, 0.15) is 5.75 Å². The summed E-state index contributed by atoms with van der Waals surface area (Å²) in [5.41, 5.74) is 5.30. The van der Waals surface area contributed by atoms with Crippen LogP contribution in [0.4, 0.5) is 0 Å². The van der Waals surface area contributed by atoms with Crippen LogP contribution in [0.25, 0.3) is 0 Å². The number of amides is 2. The Bertz CT molecular complexity index is 561. The molecule has 0 unspecified atom stereocenters. The molecule has 0 aliphatic heterocycles. The van der Waals surface area contributed by atoms with E-state index in [9.17, 15) is 9.59 Å². The van der Waals surface area contributed by atoms with Crippen LogP contribution in [0.3, 0.4) is 0 Å². The summed E-state index contributed by atoms with van der Waals surface area (Å²) in [5, 5.41) is 2.53. The van der Waals surface area contributed by atoms with E-state index in [1.54, 1.807) is 24.3 Å². The Morgan fingerprint density at radius 1 is 1.22 bits per heavy atom. The smallest absolute Gasteiger partial charge is 0.261 e. The fourth-order valence-electron chi connectivity index (χ4n) is 1.65. The first-order chi connectivity index (χ1) is 10.9. The average molecular weight is 337 g/mol. The predicted molar refractivity (Wildman–Crippen MR) is 93.0 cm³/mol. The monoisotopic (exact) mass is 337 g/mol. The largest absolute Gasteiger partial charge is 0.492 e. The zero-order valence-corrected chi connectivity index (χ0v) is 14.5. The van der Waals surface area contributed by atoms with E-state index in [0.29, 0.717) is 30.3 Å². The van der Waals surface area contributed by atoms with Gasteiger partial charge in [0, 0.05) is 6.42 Å². The molecule has 1 rings (SSSR count). The maximum Gasteiger partial charge on any atom is 0.261 e. The minimum absolute atomic E-state index is 0.0260. The minimum atomic E-state index is -0.397. The van der Waals surface area contributed by atoms with Crippen molar-refractivity contribution in [2.45, 2.75) is 33.6 Å². The summed E-state index contributed by atoms with van der Waals surface area (Å²) in [6.07, 6.45) is 1.11. The molecule has 0 saturated carbocycles. The Kier molecular flexibility index (Phi) is 8.04. The van der Waals surface area contributed by atoms with Gasteiger partial charge in [-0.15, -0.1) is 0 Å². The Balaban J connectivity index is 2.60. The van der Waals surface area contributed by atoms with Gasteiger partial charge >= 0.3 is 0 Å². The van der Waals surface area contributed by atoms with Crippen molar-refractivity contribution < 1.29 is 14.3 Å². The summed E-state index contributed by atoms with van der Waals surface area (Å²) in [6.45, 7) is 6.47. The van der Waals surface area contributed by atoms with Gasteiger partial charge in [0.15, 0.2) is 5.11 Å². The zero-order valence-electron chi connectivity index (χ0n) is 13.6. The summed E-state index contributed by atoms with van der Waals surface area (Å²) in [5.74, 6) is 0.260. The number of rotatable bonds is 6. The van der Waals surface area contributed by atoms with E-state index < -0.39 is 5.91 Å². The van der Waals surface area contributed by atoms with Gasteiger partial charge in [0.2, 0.25) is 5.91 Å². The molecule has 126 valence electrons. The number of nitrogens with one attached hydrogen (secondary N) is 3. The molecule has 0 aliphatic carbocycles. The van der Waals surface area contributed by atoms with E-state index in [0.717, 1.165) is 6.42 Å². The van der Waals surface area contributed by atoms with Crippen molar-refractivity contribution in [3.05, 3.63) is 29.8 Å². The van der Waals surface area contributed by atoms with Crippen molar-refractivity contribution in [1.29, 1.82) is 0 Å². The van der Waals surface area contributed by atoms with Crippen molar-refractivity contribution >= 4 is 29.1 Å². The molecular weight excluding hydrogens is 314 g/mol. The maximum absolute atomic E-state index is 12.3. The molecule has 1 aromatic rings. The van der Waals surface area contributed by atoms with Gasteiger partial charge in [0.25, 0.3) is 5.91 Å². The maximum atomic E-state index is 12.3. The van der Waals surface area contributed by atoms with Gasteiger partial charge in [-0.3, -0.25) is 25.8 Å². The summed E-state index contributed by atoms with van der Waals surface area (Å²) in [7, 11) is 0. The van der Waals surface area contributed by atoms with Crippen LogP contribution in [-0.2, 0) is 4.79 Å². The van der Waals surface area contributed by atoms with E-state index in [4.69, 9.17) is 17.0 Å². The van der Waals surface area contributed by atoms with Gasteiger partial charge in [-0.05, 0) is 36.7 Å². The van der Waals surface area contributed by atoms with Crippen LogP contribution < -0.4 is 20.9 Å². The van der Waals surface area contributed by atoms with E-state index in [1.165, 1.54) is 0 Å². The third-order valence-corrected chi connectivity index (χ3v) is 2.93. The third-order valence-electron chi connectivity index (χ3n) is 2.72. The Labute approximate surface area is 141 Å². The molecule has 1 aromatic carbocycles. The molecule has 0 heterocycles. The van der Waals surface area contributed by atoms with Crippen molar-refractivity contribution in [2.24, 2.45) is 5.92 Å². The van der Waals surface area contributed by atoms with Gasteiger partial charge in [-0.1, -0.05) is 32.9 Å². The summed E-state index contributed by atoms with van der Waals surface area (Å²) in [6, 6.07) is 6.94. The first-order valence-corrected chi connectivity index (χ1v) is 7.96. The van der Waals surface area contributed by atoms with Crippen LogP contribution in [0.2, 0.25) is 0 Å². The molecule has 6 nitrogen and oxygen atoms in total. The number of para-hydroxylation sites is 1. The Morgan fingerprint density at radius 2 is 1.91 bits per heavy atom. The highest BCUT2D eigenvalue weighted by molar-refractivity contribution is 7.80. The second-order valence-electron chi connectivity index (χ2n) is 5.41. The SMILES string of the molecule is CCCC(=O)NNC(=S)NC(=O)c1ccccc1OCC(C)C. The van der Waals surface area contributed by atoms with Crippen molar-refractivity contribution in [3.63, 3.8) is 0 Å². The molecule has 0 spiro atoms. The number of ether oxygens (including phenoxy) is 1. The predicted octanol–water partition coefficient (Wildman–Crippen LogP) is 2.16. The second kappa shape index (κ2) is 9.78. The van der Waals surface area contributed by atoms with E-state index in [2.05, 4.69) is 16.2 Å². The van der Waals surface area contributed by atoms with Gasteiger partial charge in [0.05, 0.1) is 12.2 Å².